The molecular weight excluding hydrogens is 719 g/mol. The summed E-state index contributed by atoms with van der Waals surface area (Å²) in [7, 11) is 0. The summed E-state index contributed by atoms with van der Waals surface area (Å²) in [5.74, 6) is 3.28. The number of rotatable bonds is 4. The lowest BCUT2D eigenvalue weighted by Crippen LogP contribution is -2.57. The van der Waals surface area contributed by atoms with Crippen LogP contribution in [-0.4, -0.2) is 0 Å². The van der Waals surface area contributed by atoms with Gasteiger partial charge in [0.1, 0.15) is 0 Å². The van der Waals surface area contributed by atoms with Crippen molar-refractivity contribution in [3.8, 4) is 11.1 Å². The number of fused-ring (bicyclic) bond motifs is 4. The van der Waals surface area contributed by atoms with Gasteiger partial charge in [-0.25, -0.2) is 0 Å². The third-order valence-electron chi connectivity index (χ3n) is 17.0. The molecule has 0 radical (unpaired) electrons. The monoisotopic (exact) mass is 781 g/mol. The maximum absolute atomic E-state index is 2.75. The van der Waals surface area contributed by atoms with E-state index in [1.54, 1.807) is 11.1 Å². The lowest BCUT2D eigenvalue weighted by molar-refractivity contribution is -0.0443. The number of benzene rings is 5. The minimum atomic E-state index is 0.0590. The van der Waals surface area contributed by atoms with E-state index >= 15 is 0 Å². The first kappa shape index (κ1) is 37.3. The Morgan fingerprint density at radius 3 is 1.50 bits per heavy atom. The smallest absolute Gasteiger partial charge is 0.0502 e. The van der Waals surface area contributed by atoms with Crippen molar-refractivity contribution in [2.24, 2.45) is 23.7 Å². The Morgan fingerprint density at radius 1 is 0.448 bits per heavy atom. The van der Waals surface area contributed by atoms with Crippen LogP contribution in [0.15, 0.2) is 113 Å². The molecule has 1 aliphatic heterocycles. The SMILES string of the molecule is CC1(C)CCC(C)(C)c2c(N(c3ccc4c(c3)Sc3cc(-c5ccccc5)ccc3C43C4CC5CC(C4)CC3C5)c3cccc4c3C(C)(C)CCC4(C)C)cccc21. The molecule has 4 saturated carbocycles. The number of hydrogen-bond acceptors (Lipinski definition) is 2. The van der Waals surface area contributed by atoms with E-state index in [1.807, 2.05) is 0 Å². The van der Waals surface area contributed by atoms with Gasteiger partial charge in [0.15, 0.2) is 0 Å². The summed E-state index contributed by atoms with van der Waals surface area (Å²) in [5.41, 5.74) is 16.6. The van der Waals surface area contributed by atoms with Gasteiger partial charge in [0.05, 0.1) is 11.4 Å². The highest BCUT2D eigenvalue weighted by atomic mass is 32.2. The fourth-order valence-electron chi connectivity index (χ4n) is 14.1. The summed E-state index contributed by atoms with van der Waals surface area (Å²) in [6.07, 6.45) is 11.9. The van der Waals surface area contributed by atoms with Crippen molar-refractivity contribution in [3.05, 3.63) is 137 Å². The van der Waals surface area contributed by atoms with Crippen molar-refractivity contribution < 1.29 is 0 Å². The summed E-state index contributed by atoms with van der Waals surface area (Å²) in [6.45, 7) is 20.0. The predicted molar refractivity (Wildman–Crippen MR) is 246 cm³/mol. The molecule has 0 amide bonds. The van der Waals surface area contributed by atoms with Crippen molar-refractivity contribution >= 4 is 28.8 Å². The molecule has 2 heteroatoms. The van der Waals surface area contributed by atoms with Crippen LogP contribution in [0.1, 0.15) is 147 Å². The molecule has 7 aliphatic rings. The highest BCUT2D eigenvalue weighted by molar-refractivity contribution is 7.99. The van der Waals surface area contributed by atoms with Crippen LogP contribution in [-0.2, 0) is 27.1 Å². The van der Waals surface area contributed by atoms with Gasteiger partial charge in [0, 0.05) is 20.9 Å². The molecule has 1 nitrogen and oxygen atoms in total. The van der Waals surface area contributed by atoms with Gasteiger partial charge < -0.3 is 4.90 Å². The molecule has 58 heavy (non-hydrogen) atoms. The van der Waals surface area contributed by atoms with Gasteiger partial charge in [0.25, 0.3) is 0 Å². The van der Waals surface area contributed by atoms with Crippen LogP contribution in [0.2, 0.25) is 0 Å². The van der Waals surface area contributed by atoms with Crippen LogP contribution in [0.3, 0.4) is 0 Å². The van der Waals surface area contributed by atoms with Gasteiger partial charge in [-0.15, -0.1) is 0 Å². The summed E-state index contributed by atoms with van der Waals surface area (Å²) < 4.78 is 0. The first-order valence-electron chi connectivity index (χ1n) is 22.8. The summed E-state index contributed by atoms with van der Waals surface area (Å²) in [6, 6.07) is 41.1. The van der Waals surface area contributed by atoms with Crippen molar-refractivity contribution in [1.29, 1.82) is 0 Å². The predicted octanol–water partition coefficient (Wildman–Crippen LogP) is 15.7. The van der Waals surface area contributed by atoms with Crippen molar-refractivity contribution in [1.82, 2.24) is 0 Å². The number of hydrogen-bond donors (Lipinski definition) is 0. The normalized spacial score (nSPS) is 28.6. The molecule has 0 unspecified atom stereocenters. The van der Waals surface area contributed by atoms with Crippen LogP contribution < -0.4 is 4.90 Å². The van der Waals surface area contributed by atoms with E-state index in [1.165, 1.54) is 118 Å². The fraction of sp³-hybridized carbons (Fsp3) is 0.464. The van der Waals surface area contributed by atoms with Gasteiger partial charge in [-0.1, -0.05) is 140 Å². The second kappa shape index (κ2) is 12.6. The lowest BCUT2D eigenvalue weighted by atomic mass is 9.42. The minimum Gasteiger partial charge on any atom is -0.310 e. The van der Waals surface area contributed by atoms with E-state index in [-0.39, 0.29) is 27.1 Å². The number of nitrogens with zero attached hydrogens (tertiary/aromatic N) is 1. The molecule has 0 N–H and O–H groups in total. The van der Waals surface area contributed by atoms with Crippen LogP contribution in [0.25, 0.3) is 11.1 Å². The molecule has 0 saturated heterocycles. The Labute approximate surface area is 353 Å². The summed E-state index contributed by atoms with van der Waals surface area (Å²) >= 11 is 2.06. The average Bonchev–Trinajstić information content (AvgIpc) is 3.20. The first-order valence-corrected chi connectivity index (χ1v) is 23.6. The fourth-order valence-corrected chi connectivity index (χ4v) is 15.4. The van der Waals surface area contributed by atoms with E-state index in [9.17, 15) is 0 Å². The molecule has 1 heterocycles. The molecule has 0 atom stereocenters. The van der Waals surface area contributed by atoms with Crippen molar-refractivity contribution in [2.75, 3.05) is 4.90 Å². The van der Waals surface area contributed by atoms with Crippen LogP contribution in [0.4, 0.5) is 17.1 Å². The quantitative estimate of drug-likeness (QED) is 0.179. The van der Waals surface area contributed by atoms with E-state index in [0.29, 0.717) is 0 Å². The van der Waals surface area contributed by atoms with E-state index < -0.39 is 0 Å². The van der Waals surface area contributed by atoms with Gasteiger partial charge in [-0.3, -0.25) is 0 Å². The average molecular weight is 782 g/mol. The topological polar surface area (TPSA) is 3.24 Å². The Hall–Kier alpha value is -3.75. The minimum absolute atomic E-state index is 0.0590. The zero-order valence-electron chi connectivity index (χ0n) is 36.3. The molecule has 12 rings (SSSR count). The second-order valence-electron chi connectivity index (χ2n) is 22.3. The summed E-state index contributed by atoms with van der Waals surface area (Å²) in [5, 5.41) is 0. The molecule has 1 spiro atoms. The lowest BCUT2D eigenvalue weighted by Gasteiger charge is -2.63. The van der Waals surface area contributed by atoms with E-state index in [0.717, 1.165) is 23.7 Å². The van der Waals surface area contributed by atoms with E-state index in [2.05, 4.69) is 175 Å². The van der Waals surface area contributed by atoms with Gasteiger partial charge in [-0.05, 0) is 178 Å². The molecule has 5 aromatic carbocycles. The van der Waals surface area contributed by atoms with Gasteiger partial charge in [-0.2, -0.15) is 0 Å². The molecule has 298 valence electrons. The van der Waals surface area contributed by atoms with Crippen molar-refractivity contribution in [2.45, 2.75) is 150 Å². The molecule has 6 aliphatic carbocycles. The maximum Gasteiger partial charge on any atom is 0.0502 e. The third-order valence-corrected chi connectivity index (χ3v) is 18.1. The Bertz CT molecular complexity index is 2350. The van der Waals surface area contributed by atoms with E-state index in [4.69, 9.17) is 0 Å². The highest BCUT2D eigenvalue weighted by Crippen LogP contribution is 2.69. The Morgan fingerprint density at radius 2 is 0.948 bits per heavy atom. The summed E-state index contributed by atoms with van der Waals surface area (Å²) in [4.78, 5) is 5.73. The van der Waals surface area contributed by atoms with Gasteiger partial charge >= 0.3 is 0 Å². The van der Waals surface area contributed by atoms with Crippen LogP contribution in [0, 0.1) is 23.7 Å². The molecule has 4 fully saturated rings. The Balaban J connectivity index is 1.17. The van der Waals surface area contributed by atoms with Gasteiger partial charge in [0.2, 0.25) is 0 Å². The van der Waals surface area contributed by atoms with Crippen LogP contribution >= 0.6 is 11.8 Å². The molecule has 4 bridgehead atoms. The largest absolute Gasteiger partial charge is 0.310 e. The zero-order valence-corrected chi connectivity index (χ0v) is 37.2. The van der Waals surface area contributed by atoms with Crippen LogP contribution in [0.5, 0.6) is 0 Å². The zero-order chi connectivity index (χ0) is 40.0. The van der Waals surface area contributed by atoms with Crippen molar-refractivity contribution in [3.63, 3.8) is 0 Å². The maximum atomic E-state index is 2.75. The first-order chi connectivity index (χ1) is 27.7. The third kappa shape index (κ3) is 5.34. The molecule has 0 aromatic heterocycles. The number of anilines is 3. The second-order valence-corrected chi connectivity index (χ2v) is 23.4. The molecular formula is C56H63NS. The molecule has 5 aromatic rings. The highest BCUT2D eigenvalue weighted by Gasteiger charge is 2.61. The Kier molecular flexibility index (Phi) is 8.12. The standard InChI is InChI=1S/C56H63NS/c1-52(2)24-26-54(5,6)50-44(52)16-12-18-46(50)57(47-19-13-17-45-51(47)55(7,8)27-25-53(45,3)4)41-21-23-43-49(34-41)58-48-33-38(37-14-10-9-11-15-37)20-22-42(48)56(43)39-29-35-28-36(31-39)32-40(56)30-35/h9-23,33-36,39-40H,24-32H2,1-8H3.